The van der Waals surface area contributed by atoms with Gasteiger partial charge in [0.25, 0.3) is 0 Å². The van der Waals surface area contributed by atoms with Gasteiger partial charge in [0, 0.05) is 10.8 Å². The van der Waals surface area contributed by atoms with Gasteiger partial charge in [-0.2, -0.15) is 13.2 Å². The maximum atomic E-state index is 12.5. The van der Waals surface area contributed by atoms with Crippen molar-refractivity contribution in [3.63, 3.8) is 0 Å². The lowest BCUT2D eigenvalue weighted by atomic mass is 10.2. The van der Waals surface area contributed by atoms with E-state index in [9.17, 15) is 13.2 Å². The van der Waals surface area contributed by atoms with Crippen molar-refractivity contribution in [3.05, 3.63) is 24.0 Å². The first kappa shape index (κ1) is 10.3. The van der Waals surface area contributed by atoms with Crippen LogP contribution in [0.5, 0.6) is 0 Å². The van der Waals surface area contributed by atoms with E-state index in [0.717, 1.165) is 17.4 Å². The second-order valence-corrected chi connectivity index (χ2v) is 4.28. The summed E-state index contributed by atoms with van der Waals surface area (Å²) in [5.74, 6) is 0. The molecule has 0 aliphatic carbocycles. The van der Waals surface area contributed by atoms with Gasteiger partial charge in [-0.05, 0) is 17.3 Å². The molecule has 0 spiro atoms. The van der Waals surface area contributed by atoms with Crippen molar-refractivity contribution in [2.45, 2.75) is 6.18 Å². The van der Waals surface area contributed by atoms with Crippen LogP contribution in [0.1, 0.15) is 5.69 Å². The molecule has 4 nitrogen and oxygen atoms in total. The lowest BCUT2D eigenvalue weighted by molar-refractivity contribution is -0.140. The molecule has 8 heteroatoms. The fourth-order valence-electron chi connectivity index (χ4n) is 1.49. The molecule has 0 saturated heterocycles. The quantitative estimate of drug-likeness (QED) is 0.620. The van der Waals surface area contributed by atoms with Crippen LogP contribution in [0, 0.1) is 0 Å². The highest BCUT2D eigenvalue weighted by atomic mass is 32.1. The number of hydrogen-bond donors (Lipinski definition) is 0. The number of halogens is 3. The van der Waals surface area contributed by atoms with Gasteiger partial charge in [0.05, 0.1) is 6.20 Å². The van der Waals surface area contributed by atoms with E-state index in [1.165, 1.54) is 12.3 Å². The second kappa shape index (κ2) is 3.33. The molecule has 0 aliphatic rings. The number of rotatable bonds is 0. The number of hydrogen-bond acceptors (Lipinski definition) is 5. The van der Waals surface area contributed by atoms with Crippen molar-refractivity contribution in [3.8, 4) is 0 Å². The Morgan fingerprint density at radius 3 is 2.65 bits per heavy atom. The molecule has 0 unspecified atom stereocenters. The minimum atomic E-state index is -4.44. The Bertz CT molecular complexity index is 706. The third-order valence-electron chi connectivity index (χ3n) is 2.24. The molecule has 17 heavy (non-hydrogen) atoms. The maximum absolute atomic E-state index is 12.5. The van der Waals surface area contributed by atoms with E-state index in [-0.39, 0.29) is 4.83 Å². The molecule has 0 N–H and O–H groups in total. The molecule has 3 aromatic heterocycles. The summed E-state index contributed by atoms with van der Waals surface area (Å²) in [6, 6.07) is 2.34. The molecular weight excluding hydrogens is 253 g/mol. The lowest BCUT2D eigenvalue weighted by Gasteiger charge is -2.04. The Hall–Kier alpha value is -1.83. The second-order valence-electron chi connectivity index (χ2n) is 3.30. The summed E-state index contributed by atoms with van der Waals surface area (Å²) in [7, 11) is 0. The number of pyridine rings is 1. The molecule has 3 rings (SSSR count). The highest BCUT2D eigenvalue weighted by Gasteiger charge is 2.32. The number of nitrogens with zero attached hydrogens (tertiary/aromatic N) is 4. The molecule has 3 aromatic rings. The number of thiophene rings is 1. The van der Waals surface area contributed by atoms with E-state index in [1.54, 1.807) is 0 Å². The molecule has 0 aliphatic heterocycles. The standard InChI is InChI=1S/C9H3F3N4S/c10-9(11,12)6-2-1-4-5-3-13-16-15-8(5)17-7(4)14-6/h1-3H. The normalized spacial score (nSPS) is 12.4. The predicted octanol–water partition coefficient (Wildman–Crippen LogP) is 2.65. The van der Waals surface area contributed by atoms with Gasteiger partial charge in [0.2, 0.25) is 0 Å². The van der Waals surface area contributed by atoms with Crippen LogP contribution in [0.2, 0.25) is 0 Å². The Morgan fingerprint density at radius 2 is 1.88 bits per heavy atom. The zero-order valence-corrected chi connectivity index (χ0v) is 8.88. The van der Waals surface area contributed by atoms with Crippen molar-refractivity contribution < 1.29 is 13.2 Å². The van der Waals surface area contributed by atoms with Gasteiger partial charge in [-0.15, -0.1) is 10.2 Å². The summed E-state index contributed by atoms with van der Waals surface area (Å²) in [6.07, 6.45) is -2.97. The minimum Gasteiger partial charge on any atom is -0.232 e. The first-order valence-electron chi connectivity index (χ1n) is 4.50. The zero-order chi connectivity index (χ0) is 12.0. The van der Waals surface area contributed by atoms with Gasteiger partial charge in [0.15, 0.2) is 4.83 Å². The van der Waals surface area contributed by atoms with Crippen LogP contribution in [-0.4, -0.2) is 20.4 Å². The first-order chi connectivity index (χ1) is 8.05. The third-order valence-corrected chi connectivity index (χ3v) is 3.24. The van der Waals surface area contributed by atoms with Gasteiger partial charge < -0.3 is 0 Å². The average molecular weight is 256 g/mol. The van der Waals surface area contributed by atoms with Crippen LogP contribution in [-0.2, 0) is 6.18 Å². The van der Waals surface area contributed by atoms with Crippen molar-refractivity contribution >= 4 is 31.8 Å². The molecule has 0 fully saturated rings. The Labute approximate surface area is 96.1 Å². The van der Waals surface area contributed by atoms with E-state index in [1.807, 2.05) is 0 Å². The van der Waals surface area contributed by atoms with Crippen LogP contribution in [0.25, 0.3) is 20.4 Å². The Kier molecular flexibility index (Phi) is 2.02. The lowest BCUT2D eigenvalue weighted by Crippen LogP contribution is -2.06. The van der Waals surface area contributed by atoms with Gasteiger partial charge >= 0.3 is 6.18 Å². The van der Waals surface area contributed by atoms with Crippen molar-refractivity contribution in [1.82, 2.24) is 20.4 Å². The fourth-order valence-corrected chi connectivity index (χ4v) is 2.46. The van der Waals surface area contributed by atoms with Gasteiger partial charge in [0.1, 0.15) is 10.5 Å². The Morgan fingerprint density at radius 1 is 1.06 bits per heavy atom. The molecular formula is C9H3F3N4S. The van der Waals surface area contributed by atoms with Crippen LogP contribution in [0.3, 0.4) is 0 Å². The van der Waals surface area contributed by atoms with Crippen molar-refractivity contribution in [2.24, 2.45) is 0 Å². The molecule has 0 amide bonds. The molecule has 0 radical (unpaired) electrons. The number of fused-ring (bicyclic) bond motifs is 3. The zero-order valence-electron chi connectivity index (χ0n) is 8.06. The van der Waals surface area contributed by atoms with E-state index in [2.05, 4.69) is 20.4 Å². The maximum Gasteiger partial charge on any atom is 0.433 e. The molecule has 0 bridgehead atoms. The minimum absolute atomic E-state index is 0.289. The van der Waals surface area contributed by atoms with Crippen molar-refractivity contribution in [2.75, 3.05) is 0 Å². The van der Waals surface area contributed by atoms with Crippen LogP contribution in [0.4, 0.5) is 13.2 Å². The van der Waals surface area contributed by atoms with E-state index in [4.69, 9.17) is 0 Å². The molecule has 0 saturated carbocycles. The van der Waals surface area contributed by atoms with Crippen LogP contribution >= 0.6 is 11.3 Å². The SMILES string of the molecule is FC(F)(F)c1ccc2c(n1)sc1nnncc12. The monoisotopic (exact) mass is 256 g/mol. The fraction of sp³-hybridized carbons (Fsp3) is 0.111. The van der Waals surface area contributed by atoms with Gasteiger partial charge in [-0.1, -0.05) is 11.3 Å². The summed E-state index contributed by atoms with van der Waals surface area (Å²) in [5, 5.41) is 12.1. The third kappa shape index (κ3) is 1.60. The number of alkyl halides is 3. The highest BCUT2D eigenvalue weighted by molar-refractivity contribution is 7.25. The summed E-state index contributed by atoms with van der Waals surface area (Å²) >= 11 is 1.07. The Balaban J connectivity index is 2.34. The van der Waals surface area contributed by atoms with E-state index >= 15 is 0 Å². The van der Waals surface area contributed by atoms with Gasteiger partial charge in [-0.3, -0.25) is 0 Å². The average Bonchev–Trinajstić information content (AvgIpc) is 2.65. The summed E-state index contributed by atoms with van der Waals surface area (Å²) in [5.41, 5.74) is -0.905. The smallest absolute Gasteiger partial charge is 0.232 e. The predicted molar refractivity (Wildman–Crippen MR) is 55.5 cm³/mol. The first-order valence-corrected chi connectivity index (χ1v) is 5.32. The highest BCUT2D eigenvalue weighted by Crippen LogP contribution is 2.34. The topological polar surface area (TPSA) is 51.6 Å². The van der Waals surface area contributed by atoms with Crippen LogP contribution < -0.4 is 0 Å². The van der Waals surface area contributed by atoms with Crippen molar-refractivity contribution in [1.29, 1.82) is 0 Å². The van der Waals surface area contributed by atoms with E-state index in [0.29, 0.717) is 15.6 Å². The molecule has 3 heterocycles. The number of aromatic nitrogens is 4. The van der Waals surface area contributed by atoms with Crippen LogP contribution in [0.15, 0.2) is 18.3 Å². The largest absolute Gasteiger partial charge is 0.433 e. The summed E-state index contributed by atoms with van der Waals surface area (Å²) in [6.45, 7) is 0. The van der Waals surface area contributed by atoms with Gasteiger partial charge in [-0.25, -0.2) is 4.98 Å². The summed E-state index contributed by atoms with van der Waals surface area (Å²) in [4.78, 5) is 4.40. The summed E-state index contributed by atoms with van der Waals surface area (Å²) < 4.78 is 37.4. The molecule has 0 atom stereocenters. The molecule has 0 aromatic carbocycles. The van der Waals surface area contributed by atoms with E-state index < -0.39 is 11.9 Å². The molecule has 86 valence electrons.